The van der Waals surface area contributed by atoms with Crippen molar-refractivity contribution in [1.82, 2.24) is 29.3 Å². The number of nitrogens with one attached hydrogen (secondary N) is 2. The Kier molecular flexibility index (Phi) is 5.91. The smallest absolute Gasteiger partial charge is 0.245 e. The molecule has 0 aliphatic heterocycles. The first-order chi connectivity index (χ1) is 15.9. The number of fused-ring (bicyclic) bond motifs is 1. The Morgan fingerprint density at radius 1 is 1.24 bits per heavy atom. The van der Waals surface area contributed by atoms with Crippen molar-refractivity contribution in [3.8, 4) is 12.3 Å². The minimum Gasteiger partial charge on any atom is -0.368 e. The van der Waals surface area contributed by atoms with Gasteiger partial charge in [0.25, 0.3) is 0 Å². The van der Waals surface area contributed by atoms with E-state index in [0.29, 0.717) is 40.9 Å². The molecule has 4 rings (SSSR count). The highest BCUT2D eigenvalue weighted by molar-refractivity contribution is 5.92. The van der Waals surface area contributed by atoms with Crippen LogP contribution in [0.1, 0.15) is 18.4 Å². The molecule has 0 spiro atoms. The van der Waals surface area contributed by atoms with Gasteiger partial charge in [-0.1, -0.05) is 5.92 Å². The van der Waals surface area contributed by atoms with E-state index in [1.54, 1.807) is 27.4 Å². The number of aryl methyl sites for hydroxylation is 2. The van der Waals surface area contributed by atoms with Crippen LogP contribution in [0, 0.1) is 25.1 Å². The normalized spacial score (nSPS) is 10.8. The maximum atomic E-state index is 13.3. The van der Waals surface area contributed by atoms with Crippen molar-refractivity contribution in [2.45, 2.75) is 33.4 Å². The van der Waals surface area contributed by atoms with Gasteiger partial charge < -0.3 is 20.9 Å². The minimum atomic E-state index is -0.362. The molecule has 0 fully saturated rings. The summed E-state index contributed by atoms with van der Waals surface area (Å²) in [5.41, 5.74) is 8.06. The van der Waals surface area contributed by atoms with Gasteiger partial charge in [0.15, 0.2) is 17.0 Å². The molecule has 0 bridgehead atoms. The van der Waals surface area contributed by atoms with Crippen molar-refractivity contribution in [3.63, 3.8) is 0 Å². The van der Waals surface area contributed by atoms with Gasteiger partial charge in [-0.2, -0.15) is 15.1 Å². The number of carbonyl (C=O) groups excluding carboxylic acids is 1. The first-order valence-corrected chi connectivity index (χ1v) is 10.2. The number of halogens is 1. The second kappa shape index (κ2) is 8.96. The standard InChI is InChI=1S/C22H22FN9O/c1-4-6-16-27-19-20(25-15-9-7-14(23)8-10-15)28-22(24)29-21(19)31(16)12-18(33)26-17-11-13(3)30-32(17)5-2/h1,7-11H,5-6,12H2,2-3H3,(H,26,33)(H3,24,25,28,29). The van der Waals surface area contributed by atoms with E-state index in [2.05, 4.69) is 36.6 Å². The Morgan fingerprint density at radius 2 is 2.00 bits per heavy atom. The van der Waals surface area contributed by atoms with Crippen LogP contribution >= 0.6 is 0 Å². The molecule has 0 aliphatic carbocycles. The maximum absolute atomic E-state index is 13.3. The molecule has 0 saturated carbocycles. The summed E-state index contributed by atoms with van der Waals surface area (Å²) in [6.07, 6.45) is 5.70. The van der Waals surface area contributed by atoms with Gasteiger partial charge in [-0.05, 0) is 38.1 Å². The van der Waals surface area contributed by atoms with Gasteiger partial charge in [-0.25, -0.2) is 14.1 Å². The fourth-order valence-corrected chi connectivity index (χ4v) is 3.43. The second-order valence-electron chi connectivity index (χ2n) is 7.26. The summed E-state index contributed by atoms with van der Waals surface area (Å²) in [5, 5.41) is 10.3. The van der Waals surface area contributed by atoms with Crippen LogP contribution < -0.4 is 16.4 Å². The largest absolute Gasteiger partial charge is 0.368 e. The number of hydrogen-bond acceptors (Lipinski definition) is 7. The second-order valence-corrected chi connectivity index (χ2v) is 7.26. The van der Waals surface area contributed by atoms with Gasteiger partial charge in [0.2, 0.25) is 11.9 Å². The highest BCUT2D eigenvalue weighted by Crippen LogP contribution is 2.26. The molecule has 0 atom stereocenters. The molecular formula is C22H22FN9O. The van der Waals surface area contributed by atoms with Crippen LogP contribution in [0.3, 0.4) is 0 Å². The molecule has 11 heteroatoms. The van der Waals surface area contributed by atoms with Gasteiger partial charge >= 0.3 is 0 Å². The van der Waals surface area contributed by atoms with E-state index in [-0.39, 0.29) is 30.6 Å². The number of carbonyl (C=O) groups is 1. The van der Waals surface area contributed by atoms with Gasteiger partial charge in [0.05, 0.1) is 12.1 Å². The molecule has 4 N–H and O–H groups in total. The first-order valence-electron chi connectivity index (χ1n) is 10.2. The zero-order valence-electron chi connectivity index (χ0n) is 18.1. The summed E-state index contributed by atoms with van der Waals surface area (Å²) in [5.74, 6) is 3.25. The van der Waals surface area contributed by atoms with Crippen LogP contribution in [0.2, 0.25) is 0 Å². The molecule has 0 aliphatic rings. The number of rotatable bonds is 7. The molecule has 0 radical (unpaired) electrons. The number of benzene rings is 1. The van der Waals surface area contributed by atoms with Gasteiger partial charge in [-0.15, -0.1) is 6.42 Å². The van der Waals surface area contributed by atoms with Gasteiger partial charge in [0.1, 0.15) is 24.0 Å². The topological polar surface area (TPSA) is 129 Å². The Morgan fingerprint density at radius 3 is 2.70 bits per heavy atom. The molecule has 0 saturated heterocycles. The monoisotopic (exact) mass is 447 g/mol. The fourth-order valence-electron chi connectivity index (χ4n) is 3.43. The molecule has 1 aromatic carbocycles. The molecule has 33 heavy (non-hydrogen) atoms. The molecule has 0 unspecified atom stereocenters. The number of aromatic nitrogens is 6. The number of hydrogen-bond donors (Lipinski definition) is 3. The Bertz CT molecular complexity index is 1370. The Labute approximate surface area is 189 Å². The average Bonchev–Trinajstić information content (AvgIpc) is 3.29. The van der Waals surface area contributed by atoms with Crippen molar-refractivity contribution in [2.75, 3.05) is 16.4 Å². The molecule has 4 aromatic rings. The van der Waals surface area contributed by atoms with Crippen LogP contribution in [-0.2, 0) is 24.3 Å². The van der Waals surface area contributed by atoms with E-state index in [1.165, 1.54) is 12.1 Å². The highest BCUT2D eigenvalue weighted by atomic mass is 19.1. The summed E-state index contributed by atoms with van der Waals surface area (Å²) < 4.78 is 16.6. The van der Waals surface area contributed by atoms with Crippen LogP contribution in [0.5, 0.6) is 0 Å². The number of imidazole rings is 1. The lowest BCUT2D eigenvalue weighted by Crippen LogP contribution is -2.22. The van der Waals surface area contributed by atoms with Crippen LogP contribution in [0.25, 0.3) is 11.2 Å². The van der Waals surface area contributed by atoms with E-state index in [1.807, 2.05) is 13.8 Å². The van der Waals surface area contributed by atoms with Crippen molar-refractivity contribution in [1.29, 1.82) is 0 Å². The number of nitrogens with zero attached hydrogens (tertiary/aromatic N) is 6. The lowest BCUT2D eigenvalue weighted by Gasteiger charge is -2.10. The predicted octanol–water partition coefficient (Wildman–Crippen LogP) is 2.63. The number of anilines is 4. The predicted molar refractivity (Wildman–Crippen MR) is 123 cm³/mol. The van der Waals surface area contributed by atoms with Gasteiger partial charge in [0, 0.05) is 18.3 Å². The number of nitrogens with two attached hydrogens (primary N) is 1. The Balaban J connectivity index is 1.70. The van der Waals surface area contributed by atoms with E-state index < -0.39 is 0 Å². The molecule has 3 heterocycles. The van der Waals surface area contributed by atoms with Gasteiger partial charge in [-0.3, -0.25) is 4.79 Å². The lowest BCUT2D eigenvalue weighted by molar-refractivity contribution is -0.116. The van der Waals surface area contributed by atoms with E-state index in [4.69, 9.17) is 12.2 Å². The highest BCUT2D eigenvalue weighted by Gasteiger charge is 2.20. The summed E-state index contributed by atoms with van der Waals surface area (Å²) in [6.45, 7) is 4.31. The average molecular weight is 447 g/mol. The molecule has 3 aromatic heterocycles. The SMILES string of the molecule is C#CCc1nc2c(Nc3ccc(F)cc3)nc(N)nc2n1CC(=O)Nc1cc(C)nn1CC. The van der Waals surface area contributed by atoms with Crippen molar-refractivity contribution < 1.29 is 9.18 Å². The summed E-state index contributed by atoms with van der Waals surface area (Å²) in [4.78, 5) is 26.0. The summed E-state index contributed by atoms with van der Waals surface area (Å²) in [7, 11) is 0. The number of amides is 1. The minimum absolute atomic E-state index is 0.0133. The number of nitrogen functional groups attached to an aromatic ring is 1. The molecule has 168 valence electrons. The van der Waals surface area contributed by atoms with Crippen molar-refractivity contribution in [3.05, 3.63) is 47.7 Å². The number of terminal acetylenes is 1. The third-order valence-corrected chi connectivity index (χ3v) is 4.83. The van der Waals surface area contributed by atoms with Crippen LogP contribution in [0.15, 0.2) is 30.3 Å². The van der Waals surface area contributed by atoms with E-state index in [0.717, 1.165) is 5.69 Å². The first kappa shape index (κ1) is 21.8. The third-order valence-electron chi connectivity index (χ3n) is 4.83. The third kappa shape index (κ3) is 4.59. The zero-order valence-corrected chi connectivity index (χ0v) is 18.1. The summed E-state index contributed by atoms with van der Waals surface area (Å²) in [6, 6.07) is 7.55. The van der Waals surface area contributed by atoms with E-state index in [9.17, 15) is 9.18 Å². The zero-order chi connectivity index (χ0) is 23.5. The molecule has 1 amide bonds. The lowest BCUT2D eigenvalue weighted by atomic mass is 10.3. The van der Waals surface area contributed by atoms with Crippen molar-refractivity contribution >= 4 is 40.3 Å². The van der Waals surface area contributed by atoms with Crippen molar-refractivity contribution in [2.24, 2.45) is 0 Å². The molecular weight excluding hydrogens is 425 g/mol. The maximum Gasteiger partial charge on any atom is 0.245 e. The van der Waals surface area contributed by atoms with Crippen LogP contribution in [-0.4, -0.2) is 35.2 Å². The molecule has 10 nitrogen and oxygen atoms in total. The van der Waals surface area contributed by atoms with Crippen LogP contribution in [0.4, 0.5) is 27.7 Å². The summed E-state index contributed by atoms with van der Waals surface area (Å²) >= 11 is 0. The fraction of sp³-hybridized carbons (Fsp3) is 0.227. The Hall–Kier alpha value is -4.46. The quantitative estimate of drug-likeness (QED) is 0.372. The van der Waals surface area contributed by atoms with E-state index >= 15 is 0 Å².